The monoisotopic (exact) mass is 361 g/mol. The molecule has 0 atom stereocenters. The number of aromatic nitrogens is 3. The fourth-order valence-electron chi connectivity index (χ4n) is 3.30. The van der Waals surface area contributed by atoms with Crippen LogP contribution in [0.15, 0.2) is 24.4 Å². The Morgan fingerprint density at radius 1 is 1.15 bits per heavy atom. The lowest BCUT2D eigenvalue weighted by molar-refractivity contribution is 0.0946. The average Bonchev–Trinajstić information content (AvgIpc) is 3.31. The first-order valence-electron chi connectivity index (χ1n) is 8.98. The molecule has 2 aromatic rings. The third-order valence-electron chi connectivity index (χ3n) is 5.03. The van der Waals surface area contributed by atoms with Crippen LogP contribution >= 0.6 is 0 Å². The summed E-state index contributed by atoms with van der Waals surface area (Å²) in [6.45, 7) is 1.68. The number of rotatable bonds is 5. The summed E-state index contributed by atoms with van der Waals surface area (Å²) in [6, 6.07) is 4.38. The van der Waals surface area contributed by atoms with E-state index in [4.69, 9.17) is 0 Å². The number of carbonyl (C=O) groups excluding carboxylic acids is 1. The quantitative estimate of drug-likeness (QED) is 0.888. The van der Waals surface area contributed by atoms with Crippen molar-refractivity contribution in [2.45, 2.75) is 44.3 Å². The van der Waals surface area contributed by atoms with Crippen LogP contribution in [0, 0.1) is 11.6 Å². The molecule has 2 aliphatic rings. The molecule has 0 bridgehead atoms. The third-order valence-corrected chi connectivity index (χ3v) is 5.03. The van der Waals surface area contributed by atoms with E-state index < -0.39 is 11.6 Å². The molecule has 138 valence electrons. The molecule has 1 aliphatic carbocycles. The summed E-state index contributed by atoms with van der Waals surface area (Å²) < 4.78 is 29.3. The molecule has 4 rings (SSSR count). The van der Waals surface area contributed by atoms with Crippen LogP contribution in [0.2, 0.25) is 0 Å². The number of hydrogen-bond acceptors (Lipinski definition) is 4. The van der Waals surface area contributed by atoms with Gasteiger partial charge in [0.05, 0.1) is 12.2 Å². The van der Waals surface area contributed by atoms with Gasteiger partial charge in [-0.25, -0.2) is 13.5 Å². The molecule has 0 unspecified atom stereocenters. The van der Waals surface area contributed by atoms with E-state index in [9.17, 15) is 13.6 Å². The normalized spacial score (nSPS) is 18.8. The molecular formula is C18H21F2N5O. The van der Waals surface area contributed by atoms with E-state index in [1.165, 1.54) is 18.2 Å². The van der Waals surface area contributed by atoms with E-state index in [0.29, 0.717) is 18.8 Å². The lowest BCUT2D eigenvalue weighted by atomic mass is 10.0. The predicted octanol–water partition coefficient (Wildman–Crippen LogP) is 2.29. The number of hydrogen-bond donors (Lipinski definition) is 1. The van der Waals surface area contributed by atoms with Crippen LogP contribution in [0.25, 0.3) is 0 Å². The second-order valence-corrected chi connectivity index (χ2v) is 7.04. The Bertz CT molecular complexity index is 776. The van der Waals surface area contributed by atoms with Crippen LogP contribution in [-0.4, -0.2) is 44.9 Å². The van der Waals surface area contributed by atoms with E-state index in [2.05, 4.69) is 15.6 Å². The first kappa shape index (κ1) is 17.1. The summed E-state index contributed by atoms with van der Waals surface area (Å²) in [5.41, 5.74) is 0.457. The molecule has 1 aliphatic heterocycles. The van der Waals surface area contributed by atoms with Crippen LogP contribution < -0.4 is 5.32 Å². The zero-order valence-electron chi connectivity index (χ0n) is 14.4. The zero-order chi connectivity index (χ0) is 18.1. The number of amides is 1. The molecule has 1 aromatic heterocycles. The molecule has 0 radical (unpaired) electrons. The summed E-state index contributed by atoms with van der Waals surface area (Å²) >= 11 is 0. The Morgan fingerprint density at radius 3 is 2.50 bits per heavy atom. The molecule has 1 saturated carbocycles. The molecule has 8 heteroatoms. The van der Waals surface area contributed by atoms with Crippen molar-refractivity contribution in [3.05, 3.63) is 47.3 Å². The molecule has 1 N–H and O–H groups in total. The summed E-state index contributed by atoms with van der Waals surface area (Å²) in [7, 11) is 0. The van der Waals surface area contributed by atoms with Gasteiger partial charge in [-0.05, 0) is 37.8 Å². The maximum Gasteiger partial charge on any atom is 0.273 e. The topological polar surface area (TPSA) is 63.1 Å². The van der Waals surface area contributed by atoms with Crippen molar-refractivity contribution in [1.29, 1.82) is 0 Å². The van der Waals surface area contributed by atoms with Crippen LogP contribution in [0.3, 0.4) is 0 Å². The summed E-state index contributed by atoms with van der Waals surface area (Å²) in [6.07, 6.45) is 5.34. The molecule has 1 amide bonds. The number of nitrogens with one attached hydrogen (secondary N) is 1. The molecule has 1 aromatic carbocycles. The Hall–Kier alpha value is -2.35. The van der Waals surface area contributed by atoms with Crippen molar-refractivity contribution < 1.29 is 13.6 Å². The SMILES string of the molecule is O=C(NC1CC1)c1cn(C2CCN(Cc3c(F)cccc3F)CC2)nn1. The summed E-state index contributed by atoms with van der Waals surface area (Å²) in [5.74, 6) is -1.18. The molecule has 26 heavy (non-hydrogen) atoms. The van der Waals surface area contributed by atoms with Gasteiger partial charge in [-0.2, -0.15) is 0 Å². The van der Waals surface area contributed by atoms with Crippen molar-refractivity contribution in [2.75, 3.05) is 13.1 Å². The van der Waals surface area contributed by atoms with Crippen molar-refractivity contribution in [3.63, 3.8) is 0 Å². The smallest absolute Gasteiger partial charge is 0.273 e. The van der Waals surface area contributed by atoms with Gasteiger partial charge in [0, 0.05) is 31.2 Å². The maximum absolute atomic E-state index is 13.8. The first-order chi connectivity index (χ1) is 12.6. The van der Waals surface area contributed by atoms with Crippen LogP contribution in [0.5, 0.6) is 0 Å². The Kier molecular flexibility index (Phi) is 4.67. The first-order valence-corrected chi connectivity index (χ1v) is 8.98. The van der Waals surface area contributed by atoms with Crippen LogP contribution in [-0.2, 0) is 6.54 Å². The highest BCUT2D eigenvalue weighted by Crippen LogP contribution is 2.24. The number of carbonyl (C=O) groups is 1. The predicted molar refractivity (Wildman–Crippen MR) is 90.4 cm³/mol. The maximum atomic E-state index is 13.8. The standard InChI is InChI=1S/C18H21F2N5O/c19-15-2-1-3-16(20)14(15)10-24-8-6-13(7-9-24)25-11-17(22-23-25)18(26)21-12-4-5-12/h1-3,11-13H,4-10H2,(H,21,26). The highest BCUT2D eigenvalue weighted by molar-refractivity contribution is 5.92. The number of halogens is 2. The number of piperidine rings is 1. The van der Waals surface area contributed by atoms with Crippen LogP contribution in [0.4, 0.5) is 8.78 Å². The summed E-state index contributed by atoms with van der Waals surface area (Å²) in [5, 5.41) is 11.0. The minimum atomic E-state index is -0.505. The van der Waals surface area contributed by atoms with Crippen molar-refractivity contribution >= 4 is 5.91 Å². The molecule has 2 heterocycles. The number of nitrogens with zero attached hydrogens (tertiary/aromatic N) is 4. The van der Waals surface area contributed by atoms with Gasteiger partial charge in [0.25, 0.3) is 5.91 Å². The van der Waals surface area contributed by atoms with E-state index in [1.54, 1.807) is 10.9 Å². The fourth-order valence-corrected chi connectivity index (χ4v) is 3.30. The largest absolute Gasteiger partial charge is 0.348 e. The lowest BCUT2D eigenvalue weighted by Crippen LogP contribution is -2.35. The van der Waals surface area contributed by atoms with Gasteiger partial charge in [0.1, 0.15) is 11.6 Å². The van der Waals surface area contributed by atoms with Gasteiger partial charge in [-0.15, -0.1) is 5.10 Å². The Balaban J connectivity index is 1.33. The minimum absolute atomic E-state index is 0.116. The van der Waals surface area contributed by atoms with E-state index in [0.717, 1.165) is 25.7 Å². The Morgan fingerprint density at radius 2 is 1.85 bits per heavy atom. The minimum Gasteiger partial charge on any atom is -0.348 e. The fraction of sp³-hybridized carbons (Fsp3) is 0.500. The van der Waals surface area contributed by atoms with E-state index in [-0.39, 0.29) is 30.1 Å². The third kappa shape index (κ3) is 3.75. The van der Waals surface area contributed by atoms with E-state index in [1.807, 2.05) is 4.90 Å². The number of benzene rings is 1. The van der Waals surface area contributed by atoms with Gasteiger partial charge in [-0.3, -0.25) is 9.69 Å². The second-order valence-electron chi connectivity index (χ2n) is 7.04. The zero-order valence-corrected chi connectivity index (χ0v) is 14.4. The highest BCUT2D eigenvalue weighted by atomic mass is 19.1. The van der Waals surface area contributed by atoms with Crippen molar-refractivity contribution in [1.82, 2.24) is 25.2 Å². The molecule has 6 nitrogen and oxygen atoms in total. The molecule has 0 spiro atoms. The number of likely N-dealkylation sites (tertiary alicyclic amines) is 1. The van der Waals surface area contributed by atoms with Gasteiger partial charge in [-0.1, -0.05) is 11.3 Å². The summed E-state index contributed by atoms with van der Waals surface area (Å²) in [4.78, 5) is 14.0. The van der Waals surface area contributed by atoms with Gasteiger partial charge in [0.15, 0.2) is 5.69 Å². The lowest BCUT2D eigenvalue weighted by Gasteiger charge is -2.31. The van der Waals surface area contributed by atoms with Gasteiger partial charge >= 0.3 is 0 Å². The van der Waals surface area contributed by atoms with Gasteiger partial charge < -0.3 is 5.32 Å². The molecule has 2 fully saturated rings. The second kappa shape index (κ2) is 7.11. The van der Waals surface area contributed by atoms with Crippen molar-refractivity contribution in [3.8, 4) is 0 Å². The Labute approximate surface area is 150 Å². The van der Waals surface area contributed by atoms with E-state index >= 15 is 0 Å². The average molecular weight is 361 g/mol. The van der Waals surface area contributed by atoms with Gasteiger partial charge in [0.2, 0.25) is 0 Å². The highest BCUT2D eigenvalue weighted by Gasteiger charge is 2.27. The molecule has 1 saturated heterocycles. The van der Waals surface area contributed by atoms with Crippen molar-refractivity contribution in [2.24, 2.45) is 0 Å². The molecular weight excluding hydrogens is 340 g/mol. The van der Waals surface area contributed by atoms with Crippen LogP contribution in [0.1, 0.15) is 47.8 Å².